The average Bonchev–Trinajstić information content (AvgIpc) is 3.06. The van der Waals surface area contributed by atoms with E-state index in [-0.39, 0.29) is 12.1 Å². The lowest BCUT2D eigenvalue weighted by atomic mass is 10.1. The van der Waals surface area contributed by atoms with Crippen molar-refractivity contribution in [1.82, 2.24) is 9.80 Å². The molecule has 1 aromatic heterocycles. The topological polar surface area (TPSA) is 45.9 Å². The van der Waals surface area contributed by atoms with Crippen molar-refractivity contribution >= 4 is 6.09 Å². The molecule has 0 bridgehead atoms. The number of amides is 1. The van der Waals surface area contributed by atoms with Gasteiger partial charge in [0.05, 0.1) is 12.3 Å². The fraction of sp³-hybridized carbons (Fsp3) is 0.688. The summed E-state index contributed by atoms with van der Waals surface area (Å²) in [6.45, 7) is 9.25. The number of furan rings is 1. The number of rotatable bonds is 3. The normalized spacial score (nSPS) is 20.9. The van der Waals surface area contributed by atoms with Crippen LogP contribution in [-0.4, -0.2) is 47.7 Å². The number of ether oxygens (including phenoxy) is 1. The Morgan fingerprint density at radius 3 is 2.81 bits per heavy atom. The Bertz CT molecular complexity index is 464. The highest BCUT2D eigenvalue weighted by Gasteiger charge is 2.33. The van der Waals surface area contributed by atoms with Gasteiger partial charge in [0, 0.05) is 19.1 Å². The van der Waals surface area contributed by atoms with Gasteiger partial charge >= 0.3 is 6.09 Å². The van der Waals surface area contributed by atoms with Crippen molar-refractivity contribution in [3.63, 3.8) is 0 Å². The van der Waals surface area contributed by atoms with E-state index in [2.05, 4.69) is 18.9 Å². The van der Waals surface area contributed by atoms with Crippen molar-refractivity contribution in [2.45, 2.75) is 51.8 Å². The minimum Gasteiger partial charge on any atom is -0.468 e. The van der Waals surface area contributed by atoms with Crippen LogP contribution in [0.2, 0.25) is 0 Å². The predicted molar refractivity (Wildman–Crippen MR) is 81.1 cm³/mol. The molecule has 1 aromatic rings. The van der Waals surface area contributed by atoms with Crippen LogP contribution in [0.15, 0.2) is 22.8 Å². The lowest BCUT2D eigenvalue weighted by Gasteiger charge is -2.30. The van der Waals surface area contributed by atoms with Gasteiger partial charge in [0.1, 0.15) is 11.4 Å². The first-order chi connectivity index (χ1) is 9.78. The molecule has 0 spiro atoms. The van der Waals surface area contributed by atoms with Crippen LogP contribution in [0.1, 0.15) is 45.9 Å². The molecular weight excluding hydrogens is 268 g/mol. The zero-order valence-corrected chi connectivity index (χ0v) is 13.6. The van der Waals surface area contributed by atoms with Gasteiger partial charge in [-0.2, -0.15) is 0 Å². The van der Waals surface area contributed by atoms with E-state index in [1.54, 1.807) is 11.2 Å². The summed E-state index contributed by atoms with van der Waals surface area (Å²) in [6, 6.07) is 4.42. The molecule has 1 saturated heterocycles. The Balaban J connectivity index is 1.91. The largest absolute Gasteiger partial charge is 0.468 e. The zero-order chi connectivity index (χ0) is 15.6. The number of carbonyl (C=O) groups is 1. The standard InChI is InChI=1S/C16H26N2O3/c1-12(14-7-6-10-20-14)17(5)13-8-9-18(11-13)15(19)21-16(2,3)4/h6-7,10,12-13H,8-9,11H2,1-5H3/t12-,13-/m0/s1. The highest BCUT2D eigenvalue weighted by Crippen LogP contribution is 2.26. The van der Waals surface area contributed by atoms with Crippen LogP contribution >= 0.6 is 0 Å². The highest BCUT2D eigenvalue weighted by atomic mass is 16.6. The summed E-state index contributed by atoms with van der Waals surface area (Å²) in [5.74, 6) is 0.952. The lowest BCUT2D eigenvalue weighted by molar-refractivity contribution is 0.0277. The lowest BCUT2D eigenvalue weighted by Crippen LogP contribution is -2.39. The van der Waals surface area contributed by atoms with Crippen LogP contribution in [0, 0.1) is 0 Å². The summed E-state index contributed by atoms with van der Waals surface area (Å²) < 4.78 is 10.9. The zero-order valence-electron chi connectivity index (χ0n) is 13.6. The van der Waals surface area contributed by atoms with Crippen LogP contribution in [-0.2, 0) is 4.74 Å². The molecule has 118 valence electrons. The van der Waals surface area contributed by atoms with E-state index in [1.165, 1.54) is 0 Å². The van der Waals surface area contributed by atoms with Crippen molar-refractivity contribution in [2.24, 2.45) is 0 Å². The summed E-state index contributed by atoms with van der Waals surface area (Å²) in [6.07, 6.45) is 2.44. The molecule has 0 aromatic carbocycles. The third-order valence-electron chi connectivity index (χ3n) is 3.96. The maximum atomic E-state index is 12.1. The van der Waals surface area contributed by atoms with Crippen molar-refractivity contribution < 1.29 is 13.9 Å². The molecule has 1 aliphatic rings. The fourth-order valence-corrected chi connectivity index (χ4v) is 2.61. The van der Waals surface area contributed by atoms with Gasteiger partial charge in [-0.3, -0.25) is 4.90 Å². The van der Waals surface area contributed by atoms with Gasteiger partial charge in [0.25, 0.3) is 0 Å². The second-order valence-corrected chi connectivity index (χ2v) is 6.73. The van der Waals surface area contributed by atoms with E-state index in [9.17, 15) is 4.79 Å². The second kappa shape index (κ2) is 6.10. The van der Waals surface area contributed by atoms with Crippen molar-refractivity contribution in [3.8, 4) is 0 Å². The Morgan fingerprint density at radius 1 is 1.52 bits per heavy atom. The summed E-state index contributed by atoms with van der Waals surface area (Å²) in [7, 11) is 2.08. The monoisotopic (exact) mass is 294 g/mol. The van der Waals surface area contributed by atoms with Gasteiger partial charge in [-0.1, -0.05) is 0 Å². The fourth-order valence-electron chi connectivity index (χ4n) is 2.61. The Morgan fingerprint density at radius 2 is 2.24 bits per heavy atom. The van der Waals surface area contributed by atoms with Crippen LogP contribution in [0.4, 0.5) is 4.79 Å². The minimum absolute atomic E-state index is 0.198. The van der Waals surface area contributed by atoms with Gasteiger partial charge in [0.15, 0.2) is 0 Å². The first-order valence-electron chi connectivity index (χ1n) is 7.51. The molecule has 0 saturated carbocycles. The first-order valence-corrected chi connectivity index (χ1v) is 7.51. The summed E-state index contributed by atoms with van der Waals surface area (Å²) in [4.78, 5) is 16.2. The maximum Gasteiger partial charge on any atom is 0.410 e. The average molecular weight is 294 g/mol. The summed E-state index contributed by atoms with van der Waals surface area (Å²) in [5, 5.41) is 0. The number of nitrogens with zero attached hydrogens (tertiary/aromatic N) is 2. The highest BCUT2D eigenvalue weighted by molar-refractivity contribution is 5.68. The smallest absolute Gasteiger partial charge is 0.410 e. The van der Waals surface area contributed by atoms with E-state index in [0.29, 0.717) is 12.6 Å². The molecule has 2 heterocycles. The van der Waals surface area contributed by atoms with Gasteiger partial charge in [0.2, 0.25) is 0 Å². The van der Waals surface area contributed by atoms with Crippen LogP contribution in [0.3, 0.4) is 0 Å². The number of likely N-dealkylation sites (N-methyl/N-ethyl adjacent to an activating group) is 1. The number of carbonyl (C=O) groups excluding carboxylic acids is 1. The third-order valence-corrected chi connectivity index (χ3v) is 3.96. The molecule has 21 heavy (non-hydrogen) atoms. The molecule has 0 N–H and O–H groups in total. The molecule has 2 rings (SSSR count). The van der Waals surface area contributed by atoms with E-state index in [0.717, 1.165) is 18.7 Å². The van der Waals surface area contributed by atoms with Crippen LogP contribution in [0.25, 0.3) is 0 Å². The molecule has 0 aliphatic carbocycles. The molecule has 5 nitrogen and oxygen atoms in total. The quantitative estimate of drug-likeness (QED) is 0.858. The molecule has 0 radical (unpaired) electrons. The van der Waals surface area contributed by atoms with Crippen molar-refractivity contribution in [3.05, 3.63) is 24.2 Å². The molecule has 5 heteroatoms. The van der Waals surface area contributed by atoms with E-state index in [1.807, 2.05) is 32.9 Å². The molecule has 0 unspecified atom stereocenters. The Labute approximate surface area is 126 Å². The minimum atomic E-state index is -0.442. The molecular formula is C16H26N2O3. The summed E-state index contributed by atoms with van der Waals surface area (Å²) >= 11 is 0. The van der Waals surface area contributed by atoms with Gasteiger partial charge < -0.3 is 14.1 Å². The van der Waals surface area contributed by atoms with E-state index >= 15 is 0 Å². The SMILES string of the molecule is C[C@@H](c1ccco1)N(C)[C@H]1CCN(C(=O)OC(C)(C)C)C1. The first kappa shape index (κ1) is 15.9. The molecule has 1 fully saturated rings. The van der Waals surface area contributed by atoms with Crippen LogP contribution < -0.4 is 0 Å². The van der Waals surface area contributed by atoms with Gasteiger partial charge in [-0.05, 0) is 53.3 Å². The Kier molecular flexibility index (Phi) is 4.61. The molecule has 1 aliphatic heterocycles. The van der Waals surface area contributed by atoms with Crippen LogP contribution in [0.5, 0.6) is 0 Å². The number of hydrogen-bond donors (Lipinski definition) is 0. The third kappa shape index (κ3) is 4.00. The van der Waals surface area contributed by atoms with Gasteiger partial charge in [-0.25, -0.2) is 4.79 Å². The number of hydrogen-bond acceptors (Lipinski definition) is 4. The van der Waals surface area contributed by atoms with E-state index in [4.69, 9.17) is 9.15 Å². The summed E-state index contributed by atoms with van der Waals surface area (Å²) in [5.41, 5.74) is -0.442. The Hall–Kier alpha value is -1.49. The van der Waals surface area contributed by atoms with Crippen molar-refractivity contribution in [1.29, 1.82) is 0 Å². The maximum absolute atomic E-state index is 12.1. The second-order valence-electron chi connectivity index (χ2n) is 6.73. The molecule has 1 amide bonds. The number of likely N-dealkylation sites (tertiary alicyclic amines) is 1. The van der Waals surface area contributed by atoms with Crippen molar-refractivity contribution in [2.75, 3.05) is 20.1 Å². The predicted octanol–water partition coefficient (Wildman–Crippen LogP) is 3.28. The molecule has 2 atom stereocenters. The van der Waals surface area contributed by atoms with E-state index < -0.39 is 5.60 Å². The van der Waals surface area contributed by atoms with Gasteiger partial charge in [-0.15, -0.1) is 0 Å².